The fraction of sp³-hybridized carbons (Fsp3) is 0.692. The molecule has 1 heterocycles. The summed E-state index contributed by atoms with van der Waals surface area (Å²) in [5, 5.41) is 0. The monoisotopic (exact) mass is 291 g/mol. The Morgan fingerprint density at radius 2 is 2.00 bits per heavy atom. The number of carbonyl (C=O) groups is 2. The Balaban J connectivity index is 2.87. The van der Waals surface area contributed by atoms with Gasteiger partial charge in [-0.25, -0.2) is 4.79 Å². The Morgan fingerprint density at radius 3 is 2.40 bits per heavy atom. The van der Waals surface area contributed by atoms with Crippen molar-refractivity contribution in [2.45, 2.75) is 38.7 Å². The normalized spacial score (nSPS) is 21.2. The van der Waals surface area contributed by atoms with Crippen LogP contribution < -0.4 is 0 Å². The van der Waals surface area contributed by atoms with Gasteiger partial charge in [-0.1, -0.05) is 0 Å². The van der Waals surface area contributed by atoms with Crippen LogP contribution in [0.5, 0.6) is 0 Å². The van der Waals surface area contributed by atoms with E-state index < -0.39 is 24.2 Å². The minimum Gasteiger partial charge on any atom is -0.493 e. The summed E-state index contributed by atoms with van der Waals surface area (Å²) in [5.74, 6) is -3.68. The van der Waals surface area contributed by atoms with Crippen LogP contribution in [0.3, 0.4) is 0 Å². The molecule has 0 spiro atoms. The zero-order valence-electron chi connectivity index (χ0n) is 12.0. The molecular formula is C13H19F2NO4. The molecule has 7 heteroatoms. The number of rotatable bonds is 2. The van der Waals surface area contributed by atoms with E-state index in [1.807, 2.05) is 0 Å². The summed E-state index contributed by atoms with van der Waals surface area (Å²) in [4.78, 5) is 23.4. The summed E-state index contributed by atoms with van der Waals surface area (Å²) in [6.07, 6.45) is -0.665. The predicted molar refractivity (Wildman–Crippen MR) is 67.5 cm³/mol. The van der Waals surface area contributed by atoms with Gasteiger partial charge in [0.2, 0.25) is 0 Å². The first-order chi connectivity index (χ1) is 9.10. The summed E-state index contributed by atoms with van der Waals surface area (Å²) < 4.78 is 37.7. The van der Waals surface area contributed by atoms with Gasteiger partial charge in [0.1, 0.15) is 5.60 Å². The van der Waals surface area contributed by atoms with E-state index in [4.69, 9.17) is 4.74 Å². The number of methoxy groups -OCH3 is 1. The van der Waals surface area contributed by atoms with Crippen LogP contribution in [0.1, 0.15) is 27.2 Å². The molecule has 1 aliphatic heterocycles. The molecule has 0 N–H and O–H groups in total. The molecule has 0 unspecified atom stereocenters. The fourth-order valence-corrected chi connectivity index (χ4v) is 1.87. The van der Waals surface area contributed by atoms with E-state index in [0.717, 1.165) is 12.0 Å². The van der Waals surface area contributed by atoms with Gasteiger partial charge >= 0.3 is 6.09 Å². The van der Waals surface area contributed by atoms with Gasteiger partial charge in [-0.3, -0.25) is 4.79 Å². The number of halogens is 2. The molecule has 1 rings (SSSR count). The highest BCUT2D eigenvalue weighted by molar-refractivity contribution is 5.73. The van der Waals surface area contributed by atoms with Crippen molar-refractivity contribution >= 4 is 12.4 Å². The van der Waals surface area contributed by atoms with Crippen molar-refractivity contribution < 1.29 is 27.8 Å². The number of carbonyl (C=O) groups excluding carboxylic acids is 2. The van der Waals surface area contributed by atoms with Crippen LogP contribution in [-0.2, 0) is 14.3 Å². The second-order valence-corrected chi connectivity index (χ2v) is 5.52. The maximum Gasteiger partial charge on any atom is 0.410 e. The third kappa shape index (κ3) is 3.91. The summed E-state index contributed by atoms with van der Waals surface area (Å²) in [7, 11) is 1.16. The number of piperidine rings is 1. The van der Waals surface area contributed by atoms with Crippen molar-refractivity contribution in [2.24, 2.45) is 0 Å². The number of hydrogen-bond donors (Lipinski definition) is 0. The molecule has 1 saturated heterocycles. The number of allylic oxidation sites excluding steroid dienone is 1. The van der Waals surface area contributed by atoms with Crippen molar-refractivity contribution in [3.8, 4) is 0 Å². The summed E-state index contributed by atoms with van der Waals surface area (Å²) in [6.45, 7) is 4.22. The Hall–Kier alpha value is -1.66. The summed E-state index contributed by atoms with van der Waals surface area (Å²) in [5.41, 5.74) is -1.13. The standard InChI is InChI=1S/C13H19F2NO4/c1-12(2,3)20-11(18)16-6-5-9(10(7-17)19-4)13(14,15)8-16/h7H,5-6,8H2,1-4H3. The van der Waals surface area contributed by atoms with Gasteiger partial charge in [0, 0.05) is 12.1 Å². The first-order valence-electron chi connectivity index (χ1n) is 6.19. The molecule has 0 aromatic carbocycles. The first-order valence-corrected chi connectivity index (χ1v) is 6.19. The fourth-order valence-electron chi connectivity index (χ4n) is 1.87. The Labute approximate surface area is 116 Å². The summed E-state index contributed by atoms with van der Waals surface area (Å²) in [6, 6.07) is 0. The van der Waals surface area contributed by atoms with Crippen molar-refractivity contribution in [1.82, 2.24) is 4.90 Å². The molecule has 114 valence electrons. The van der Waals surface area contributed by atoms with Crippen LogP contribution in [0.25, 0.3) is 0 Å². The van der Waals surface area contributed by atoms with Crippen molar-refractivity contribution in [1.29, 1.82) is 0 Å². The molecule has 20 heavy (non-hydrogen) atoms. The lowest BCUT2D eigenvalue weighted by Gasteiger charge is -2.35. The number of amides is 1. The molecule has 0 atom stereocenters. The number of ether oxygens (including phenoxy) is 2. The third-order valence-electron chi connectivity index (χ3n) is 2.74. The molecule has 0 aromatic rings. The van der Waals surface area contributed by atoms with Gasteiger partial charge in [0.15, 0.2) is 12.0 Å². The SMILES string of the molecule is COC(C=O)=C1CCN(C(=O)OC(C)(C)C)CC1(F)F. The molecule has 5 nitrogen and oxygen atoms in total. The number of aldehydes is 1. The number of likely N-dealkylation sites (tertiary alicyclic amines) is 1. The highest BCUT2D eigenvalue weighted by atomic mass is 19.3. The second-order valence-electron chi connectivity index (χ2n) is 5.52. The lowest BCUT2D eigenvalue weighted by atomic mass is 9.99. The highest BCUT2D eigenvalue weighted by Crippen LogP contribution is 2.34. The van der Waals surface area contributed by atoms with Crippen molar-refractivity contribution in [3.63, 3.8) is 0 Å². The Kier molecular flexibility index (Phi) is 4.73. The predicted octanol–water partition coefficient (Wildman–Crippen LogP) is 2.36. The van der Waals surface area contributed by atoms with E-state index in [1.54, 1.807) is 20.8 Å². The van der Waals surface area contributed by atoms with Gasteiger partial charge in [-0.05, 0) is 27.2 Å². The van der Waals surface area contributed by atoms with Gasteiger partial charge in [0.25, 0.3) is 5.92 Å². The maximum absolute atomic E-state index is 14.0. The largest absolute Gasteiger partial charge is 0.493 e. The minimum absolute atomic E-state index is 0.0561. The van der Waals surface area contributed by atoms with Gasteiger partial charge in [-0.15, -0.1) is 0 Å². The lowest BCUT2D eigenvalue weighted by Crippen LogP contribution is -2.49. The van der Waals surface area contributed by atoms with E-state index in [9.17, 15) is 18.4 Å². The Bertz CT molecular complexity index is 427. The molecule has 0 saturated carbocycles. The first kappa shape index (κ1) is 16.4. The molecule has 1 aliphatic rings. The van der Waals surface area contributed by atoms with Crippen LogP contribution in [0.4, 0.5) is 13.6 Å². The number of hydrogen-bond acceptors (Lipinski definition) is 4. The average molecular weight is 291 g/mol. The van der Waals surface area contributed by atoms with Crippen LogP contribution >= 0.6 is 0 Å². The third-order valence-corrected chi connectivity index (χ3v) is 2.74. The molecule has 0 bridgehead atoms. The minimum atomic E-state index is -3.30. The van der Waals surface area contributed by atoms with E-state index in [1.165, 1.54) is 0 Å². The molecular weight excluding hydrogens is 272 g/mol. The smallest absolute Gasteiger partial charge is 0.410 e. The topological polar surface area (TPSA) is 55.8 Å². The maximum atomic E-state index is 14.0. The quantitative estimate of drug-likeness (QED) is 0.445. The van der Waals surface area contributed by atoms with Crippen LogP contribution in [0.2, 0.25) is 0 Å². The van der Waals surface area contributed by atoms with Crippen molar-refractivity contribution in [3.05, 3.63) is 11.3 Å². The Morgan fingerprint density at radius 1 is 1.40 bits per heavy atom. The second kappa shape index (κ2) is 5.76. The molecule has 0 radical (unpaired) electrons. The van der Waals surface area contributed by atoms with E-state index in [-0.39, 0.29) is 30.6 Å². The summed E-state index contributed by atoms with van der Waals surface area (Å²) >= 11 is 0. The van der Waals surface area contributed by atoms with Crippen LogP contribution in [-0.4, -0.2) is 49.0 Å². The molecule has 1 amide bonds. The average Bonchev–Trinajstić information content (AvgIpc) is 2.29. The number of alkyl halides is 2. The molecule has 0 aliphatic carbocycles. The van der Waals surface area contributed by atoms with Crippen LogP contribution in [0.15, 0.2) is 11.3 Å². The van der Waals surface area contributed by atoms with Gasteiger partial charge < -0.3 is 14.4 Å². The zero-order chi connectivity index (χ0) is 15.6. The lowest BCUT2D eigenvalue weighted by molar-refractivity contribution is -0.108. The van der Waals surface area contributed by atoms with Crippen LogP contribution in [0, 0.1) is 0 Å². The van der Waals surface area contributed by atoms with E-state index >= 15 is 0 Å². The number of nitrogens with zero attached hydrogens (tertiary/aromatic N) is 1. The highest BCUT2D eigenvalue weighted by Gasteiger charge is 2.44. The van der Waals surface area contributed by atoms with Gasteiger partial charge in [-0.2, -0.15) is 8.78 Å². The zero-order valence-corrected chi connectivity index (χ0v) is 12.0. The van der Waals surface area contributed by atoms with E-state index in [2.05, 4.69) is 4.74 Å². The van der Waals surface area contributed by atoms with E-state index in [0.29, 0.717) is 0 Å². The molecule has 0 aromatic heterocycles. The van der Waals surface area contributed by atoms with Crippen molar-refractivity contribution in [2.75, 3.05) is 20.2 Å². The molecule has 1 fully saturated rings. The van der Waals surface area contributed by atoms with Gasteiger partial charge in [0.05, 0.1) is 13.7 Å².